The normalized spacial score (nSPS) is 10.6. The molecule has 0 bridgehead atoms. The van der Waals surface area contributed by atoms with E-state index in [4.69, 9.17) is 10.5 Å². The summed E-state index contributed by atoms with van der Waals surface area (Å²) in [6.45, 7) is 4.09. The Morgan fingerprint density at radius 3 is 2.80 bits per heavy atom. The lowest BCUT2D eigenvalue weighted by Crippen LogP contribution is -2.04. The third-order valence-electron chi connectivity index (χ3n) is 2.88. The van der Waals surface area contributed by atoms with Gasteiger partial charge in [0.15, 0.2) is 0 Å². The third-order valence-corrected chi connectivity index (χ3v) is 2.88. The number of carbonyl (C=O) groups is 1. The molecule has 0 spiro atoms. The van der Waals surface area contributed by atoms with Gasteiger partial charge in [-0.3, -0.25) is 4.68 Å². The monoisotopic (exact) mass is 274 g/mol. The summed E-state index contributed by atoms with van der Waals surface area (Å²) in [6, 6.07) is 5.24. The Morgan fingerprint density at radius 2 is 2.20 bits per heavy atom. The van der Waals surface area contributed by atoms with Crippen molar-refractivity contribution >= 4 is 23.0 Å². The molecule has 1 heterocycles. The lowest BCUT2D eigenvalue weighted by atomic mass is 10.1. The number of rotatable bonds is 4. The van der Waals surface area contributed by atoms with Crippen molar-refractivity contribution in [2.75, 3.05) is 18.2 Å². The highest BCUT2D eigenvalue weighted by Gasteiger charge is 2.09. The molecule has 2 aromatic rings. The summed E-state index contributed by atoms with van der Waals surface area (Å²) in [7, 11) is 1.35. The number of ether oxygens (including phenoxy) is 1. The molecule has 0 aliphatic heterocycles. The lowest BCUT2D eigenvalue weighted by Gasteiger charge is -2.09. The smallest absolute Gasteiger partial charge is 0.337 e. The minimum absolute atomic E-state index is 0.282. The molecule has 0 atom stereocenters. The van der Waals surface area contributed by atoms with E-state index in [-0.39, 0.29) is 6.04 Å². The Morgan fingerprint density at radius 1 is 1.45 bits per heavy atom. The fourth-order valence-electron chi connectivity index (χ4n) is 1.75. The zero-order chi connectivity index (χ0) is 14.7. The molecule has 0 fully saturated rings. The van der Waals surface area contributed by atoms with E-state index in [1.54, 1.807) is 24.4 Å². The number of nitrogens with two attached hydrogens (primary N) is 1. The van der Waals surface area contributed by atoms with E-state index in [1.807, 2.05) is 24.7 Å². The van der Waals surface area contributed by atoms with Crippen molar-refractivity contribution in [3.8, 4) is 0 Å². The number of benzene rings is 1. The van der Waals surface area contributed by atoms with Crippen LogP contribution in [0.3, 0.4) is 0 Å². The number of nitrogen functional groups attached to an aromatic ring is 1. The van der Waals surface area contributed by atoms with E-state index in [0.29, 0.717) is 16.9 Å². The first-order valence-electron chi connectivity index (χ1n) is 6.30. The van der Waals surface area contributed by atoms with E-state index in [0.717, 1.165) is 5.69 Å². The number of hydrogen-bond donors (Lipinski definition) is 2. The van der Waals surface area contributed by atoms with E-state index >= 15 is 0 Å². The first-order chi connectivity index (χ1) is 9.51. The molecule has 0 saturated heterocycles. The first kappa shape index (κ1) is 13.9. The highest BCUT2D eigenvalue weighted by molar-refractivity contribution is 5.92. The number of esters is 1. The fourth-order valence-corrected chi connectivity index (χ4v) is 1.75. The Bertz CT molecular complexity index is 619. The predicted molar refractivity (Wildman–Crippen MR) is 78.1 cm³/mol. The van der Waals surface area contributed by atoms with E-state index < -0.39 is 5.97 Å². The van der Waals surface area contributed by atoms with Crippen molar-refractivity contribution in [3.05, 3.63) is 36.2 Å². The molecule has 6 nitrogen and oxygen atoms in total. The van der Waals surface area contributed by atoms with E-state index in [9.17, 15) is 4.79 Å². The van der Waals surface area contributed by atoms with Gasteiger partial charge >= 0.3 is 5.97 Å². The highest BCUT2D eigenvalue weighted by atomic mass is 16.5. The molecule has 0 aliphatic carbocycles. The first-order valence-corrected chi connectivity index (χ1v) is 6.30. The summed E-state index contributed by atoms with van der Waals surface area (Å²) < 4.78 is 6.53. The summed E-state index contributed by atoms with van der Waals surface area (Å²) in [5.74, 6) is -0.397. The zero-order valence-corrected chi connectivity index (χ0v) is 11.8. The fraction of sp³-hybridized carbons (Fsp3) is 0.286. The van der Waals surface area contributed by atoms with Gasteiger partial charge in [-0.15, -0.1) is 0 Å². The molecule has 106 valence electrons. The van der Waals surface area contributed by atoms with Gasteiger partial charge in [0.2, 0.25) is 0 Å². The standard InChI is InChI=1S/C14H18N4O2/c1-9(2)18-8-11(7-16-18)17-13-6-10(14(19)20-3)4-5-12(13)15/h4-9,17H,15H2,1-3H3. The van der Waals surface area contributed by atoms with Gasteiger partial charge in [0.25, 0.3) is 0 Å². The van der Waals surface area contributed by atoms with Crippen molar-refractivity contribution in [2.45, 2.75) is 19.9 Å². The SMILES string of the molecule is COC(=O)c1ccc(N)c(Nc2cnn(C(C)C)c2)c1. The molecular formula is C14H18N4O2. The van der Waals surface area contributed by atoms with Gasteiger partial charge in [0, 0.05) is 12.2 Å². The minimum Gasteiger partial charge on any atom is -0.465 e. The zero-order valence-electron chi connectivity index (χ0n) is 11.8. The number of nitrogens with one attached hydrogen (secondary N) is 1. The van der Waals surface area contributed by atoms with Gasteiger partial charge < -0.3 is 15.8 Å². The maximum absolute atomic E-state index is 11.5. The average Bonchev–Trinajstić information content (AvgIpc) is 2.89. The molecule has 0 aliphatic rings. The predicted octanol–water partition coefficient (Wildman–Crippen LogP) is 2.58. The molecule has 2 rings (SSSR count). The number of carbonyl (C=O) groups excluding carboxylic acids is 1. The Hall–Kier alpha value is -2.50. The van der Waals surface area contributed by atoms with Crippen molar-refractivity contribution < 1.29 is 9.53 Å². The van der Waals surface area contributed by atoms with Crippen molar-refractivity contribution in [1.29, 1.82) is 0 Å². The highest BCUT2D eigenvalue weighted by Crippen LogP contribution is 2.25. The summed E-state index contributed by atoms with van der Waals surface area (Å²) >= 11 is 0. The summed E-state index contributed by atoms with van der Waals surface area (Å²) in [6.07, 6.45) is 3.60. The van der Waals surface area contributed by atoms with Gasteiger partial charge in [-0.05, 0) is 32.0 Å². The molecule has 0 radical (unpaired) electrons. The van der Waals surface area contributed by atoms with Crippen LogP contribution in [0.15, 0.2) is 30.6 Å². The molecule has 20 heavy (non-hydrogen) atoms. The maximum atomic E-state index is 11.5. The minimum atomic E-state index is -0.397. The van der Waals surface area contributed by atoms with Crippen LogP contribution >= 0.6 is 0 Å². The van der Waals surface area contributed by atoms with Crippen LogP contribution in [0.25, 0.3) is 0 Å². The van der Waals surface area contributed by atoms with Gasteiger partial charge in [-0.1, -0.05) is 0 Å². The second kappa shape index (κ2) is 5.64. The molecule has 1 aromatic carbocycles. The molecule has 3 N–H and O–H groups in total. The van der Waals surface area contributed by atoms with Crippen LogP contribution in [0.4, 0.5) is 17.1 Å². The second-order valence-electron chi connectivity index (χ2n) is 4.72. The van der Waals surface area contributed by atoms with E-state index in [1.165, 1.54) is 7.11 Å². The van der Waals surface area contributed by atoms with Crippen molar-refractivity contribution in [1.82, 2.24) is 9.78 Å². The lowest BCUT2D eigenvalue weighted by molar-refractivity contribution is 0.0601. The van der Waals surface area contributed by atoms with Gasteiger partial charge in [0.05, 0.1) is 35.9 Å². The number of hydrogen-bond acceptors (Lipinski definition) is 5. The van der Waals surface area contributed by atoms with Crippen LogP contribution in [0.2, 0.25) is 0 Å². The van der Waals surface area contributed by atoms with E-state index in [2.05, 4.69) is 10.4 Å². The summed E-state index contributed by atoms with van der Waals surface area (Å²) in [4.78, 5) is 11.5. The van der Waals surface area contributed by atoms with Crippen LogP contribution in [0.5, 0.6) is 0 Å². The molecule has 6 heteroatoms. The van der Waals surface area contributed by atoms with Crippen LogP contribution in [-0.4, -0.2) is 22.9 Å². The van der Waals surface area contributed by atoms with Gasteiger partial charge in [-0.25, -0.2) is 4.79 Å². The van der Waals surface area contributed by atoms with Crippen LogP contribution in [0.1, 0.15) is 30.2 Å². The van der Waals surface area contributed by atoms with Crippen LogP contribution in [-0.2, 0) is 4.74 Å². The van der Waals surface area contributed by atoms with Crippen LogP contribution in [0, 0.1) is 0 Å². The Kier molecular flexibility index (Phi) is 3.93. The van der Waals surface area contributed by atoms with Crippen LogP contribution < -0.4 is 11.1 Å². The number of methoxy groups -OCH3 is 1. The van der Waals surface area contributed by atoms with Gasteiger partial charge in [-0.2, -0.15) is 5.10 Å². The van der Waals surface area contributed by atoms with Gasteiger partial charge in [0.1, 0.15) is 0 Å². The Balaban J connectivity index is 2.25. The second-order valence-corrected chi connectivity index (χ2v) is 4.72. The summed E-state index contributed by atoms with van der Waals surface area (Å²) in [5, 5.41) is 7.39. The molecule has 0 unspecified atom stereocenters. The number of aromatic nitrogens is 2. The number of nitrogens with zero attached hydrogens (tertiary/aromatic N) is 2. The number of anilines is 3. The van der Waals surface area contributed by atoms with Crippen molar-refractivity contribution in [3.63, 3.8) is 0 Å². The topological polar surface area (TPSA) is 82.2 Å². The maximum Gasteiger partial charge on any atom is 0.337 e. The van der Waals surface area contributed by atoms with Crippen molar-refractivity contribution in [2.24, 2.45) is 0 Å². The third kappa shape index (κ3) is 2.90. The molecule has 0 amide bonds. The molecular weight excluding hydrogens is 256 g/mol. The quantitative estimate of drug-likeness (QED) is 0.661. The molecule has 0 saturated carbocycles. The average molecular weight is 274 g/mol. The molecule has 1 aromatic heterocycles. The summed E-state index contributed by atoms with van der Waals surface area (Å²) in [5.41, 5.74) is 8.36. The largest absolute Gasteiger partial charge is 0.465 e. The Labute approximate surface area is 117 Å².